The van der Waals surface area contributed by atoms with E-state index >= 15 is 0 Å². The van der Waals surface area contributed by atoms with Gasteiger partial charge < -0.3 is 10.1 Å². The number of carbonyl (C=O) groups is 1. The zero-order valence-corrected chi connectivity index (χ0v) is 20.2. The summed E-state index contributed by atoms with van der Waals surface area (Å²) in [7, 11) is 1.57. The first-order chi connectivity index (χ1) is 16.5. The van der Waals surface area contributed by atoms with E-state index in [1.807, 2.05) is 38.1 Å². The number of ether oxygens (including phenoxy) is 1. The summed E-state index contributed by atoms with van der Waals surface area (Å²) in [6.07, 6.45) is -4.57. The van der Waals surface area contributed by atoms with Crippen LogP contribution in [0.1, 0.15) is 32.6 Å². The molecular weight excluding hydrogens is 477 g/mol. The van der Waals surface area contributed by atoms with Crippen LogP contribution in [0, 0.1) is 20.8 Å². The molecule has 1 amide bonds. The molecule has 0 radical (unpaired) electrons. The van der Waals surface area contributed by atoms with Crippen molar-refractivity contribution < 1.29 is 22.7 Å². The molecule has 1 aromatic heterocycles. The summed E-state index contributed by atoms with van der Waals surface area (Å²) in [6.45, 7) is 5.58. The smallest absolute Gasteiger partial charge is 0.416 e. The van der Waals surface area contributed by atoms with Crippen LogP contribution >= 0.6 is 11.6 Å². The number of anilines is 1. The van der Waals surface area contributed by atoms with Crippen LogP contribution in [-0.4, -0.2) is 18.0 Å². The largest absolute Gasteiger partial charge is 0.497 e. The van der Waals surface area contributed by atoms with Gasteiger partial charge in [0.2, 0.25) is 0 Å². The fraction of sp³-hybridized carbons (Fsp3) is 0.185. The monoisotopic (exact) mass is 498 g/mol. The zero-order chi connectivity index (χ0) is 25.5. The molecule has 0 aliphatic heterocycles. The average molecular weight is 499 g/mol. The van der Waals surface area contributed by atoms with Gasteiger partial charge in [-0.15, -0.1) is 0 Å². The van der Waals surface area contributed by atoms with Crippen molar-refractivity contribution in [2.45, 2.75) is 26.9 Å². The van der Waals surface area contributed by atoms with Crippen molar-refractivity contribution in [2.75, 3.05) is 12.4 Å². The lowest BCUT2D eigenvalue weighted by Gasteiger charge is -2.17. The lowest BCUT2D eigenvalue weighted by atomic mass is 9.94. The third kappa shape index (κ3) is 4.82. The van der Waals surface area contributed by atoms with Gasteiger partial charge in [-0.3, -0.25) is 4.79 Å². The van der Waals surface area contributed by atoms with E-state index in [2.05, 4.69) is 5.32 Å². The molecule has 180 valence electrons. The molecule has 0 atom stereocenters. The van der Waals surface area contributed by atoms with Crippen molar-refractivity contribution in [2.24, 2.45) is 0 Å². The second-order valence-electron chi connectivity index (χ2n) is 8.31. The molecule has 8 heteroatoms. The summed E-state index contributed by atoms with van der Waals surface area (Å²) in [5, 5.41) is 3.20. The highest BCUT2D eigenvalue weighted by Gasteiger charge is 2.31. The molecule has 4 aromatic rings. The summed E-state index contributed by atoms with van der Waals surface area (Å²) >= 11 is 6.14. The Morgan fingerprint density at radius 1 is 1.00 bits per heavy atom. The van der Waals surface area contributed by atoms with Gasteiger partial charge in [-0.05, 0) is 80.4 Å². The highest BCUT2D eigenvalue weighted by atomic mass is 35.5. The van der Waals surface area contributed by atoms with Gasteiger partial charge in [-0.2, -0.15) is 13.2 Å². The topological polar surface area (TPSA) is 51.2 Å². The number of pyridine rings is 1. The van der Waals surface area contributed by atoms with Gasteiger partial charge in [0.15, 0.2) is 0 Å². The number of hydrogen-bond acceptors (Lipinski definition) is 3. The Hall–Kier alpha value is -3.58. The van der Waals surface area contributed by atoms with Gasteiger partial charge in [-0.1, -0.05) is 23.2 Å². The number of halogens is 4. The maximum absolute atomic E-state index is 13.6. The van der Waals surface area contributed by atoms with Crippen LogP contribution < -0.4 is 10.1 Å². The minimum atomic E-state index is -4.57. The summed E-state index contributed by atoms with van der Waals surface area (Å²) in [5.41, 5.74) is 3.69. The molecule has 0 saturated heterocycles. The number of methoxy groups -OCH3 is 1. The van der Waals surface area contributed by atoms with Crippen LogP contribution in [-0.2, 0) is 6.18 Å². The number of aromatic nitrogens is 1. The molecule has 1 heterocycles. The number of alkyl halides is 3. The number of benzene rings is 3. The van der Waals surface area contributed by atoms with Crippen molar-refractivity contribution in [3.63, 3.8) is 0 Å². The lowest BCUT2D eigenvalue weighted by molar-refractivity contribution is -0.137. The van der Waals surface area contributed by atoms with Gasteiger partial charge in [0.25, 0.3) is 5.91 Å². The standard InChI is InChI=1S/C27H22ClF3N2O2/c1-14-11-15(2)24-20(12-14)23(16(3)25(33-24)17-5-8-19(35-4)9-6-17)26(34)32-22-13-18(27(29,30)31)7-10-21(22)28/h5-13H,1-4H3,(H,32,34). The molecule has 0 unspecified atom stereocenters. The van der Waals surface area contributed by atoms with E-state index in [0.29, 0.717) is 33.5 Å². The van der Waals surface area contributed by atoms with Crippen molar-refractivity contribution in [1.82, 2.24) is 4.98 Å². The van der Waals surface area contributed by atoms with E-state index in [4.69, 9.17) is 21.3 Å². The molecule has 1 N–H and O–H groups in total. The van der Waals surface area contributed by atoms with E-state index in [-0.39, 0.29) is 10.7 Å². The number of aryl methyl sites for hydroxylation is 2. The molecule has 35 heavy (non-hydrogen) atoms. The van der Waals surface area contributed by atoms with Gasteiger partial charge in [0.05, 0.1) is 40.2 Å². The second-order valence-corrected chi connectivity index (χ2v) is 8.72. The van der Waals surface area contributed by atoms with E-state index in [0.717, 1.165) is 34.9 Å². The van der Waals surface area contributed by atoms with Crippen LogP contribution in [0.25, 0.3) is 22.2 Å². The van der Waals surface area contributed by atoms with E-state index < -0.39 is 17.6 Å². The average Bonchev–Trinajstić information content (AvgIpc) is 2.79. The van der Waals surface area contributed by atoms with E-state index in [1.165, 1.54) is 0 Å². The molecule has 0 aliphatic rings. The number of hydrogen-bond donors (Lipinski definition) is 1. The van der Waals surface area contributed by atoms with Gasteiger partial charge >= 0.3 is 6.18 Å². The fourth-order valence-corrected chi connectivity index (χ4v) is 4.28. The Morgan fingerprint density at radius 3 is 2.31 bits per heavy atom. The van der Waals surface area contributed by atoms with Crippen LogP contribution in [0.3, 0.4) is 0 Å². The highest BCUT2D eigenvalue weighted by molar-refractivity contribution is 6.34. The van der Waals surface area contributed by atoms with Crippen LogP contribution in [0.4, 0.5) is 18.9 Å². The molecule has 0 aliphatic carbocycles. The maximum atomic E-state index is 13.6. The molecule has 0 saturated carbocycles. The quantitative estimate of drug-likeness (QED) is 0.313. The maximum Gasteiger partial charge on any atom is 0.416 e. The summed E-state index contributed by atoms with van der Waals surface area (Å²) in [5.74, 6) is 0.104. The molecular formula is C27H22ClF3N2O2. The minimum Gasteiger partial charge on any atom is -0.497 e. The third-order valence-electron chi connectivity index (χ3n) is 5.80. The first-order valence-electron chi connectivity index (χ1n) is 10.7. The van der Waals surface area contributed by atoms with E-state index in [1.54, 1.807) is 26.2 Å². The molecule has 4 rings (SSSR count). The number of amides is 1. The Labute approximate surface area is 205 Å². The Balaban J connectivity index is 1.90. The first kappa shape index (κ1) is 24.5. The lowest BCUT2D eigenvalue weighted by Crippen LogP contribution is -2.16. The number of rotatable bonds is 4. The molecule has 0 spiro atoms. The van der Waals surface area contributed by atoms with Crippen LogP contribution in [0.2, 0.25) is 5.02 Å². The van der Waals surface area contributed by atoms with Gasteiger partial charge in [0, 0.05) is 10.9 Å². The van der Waals surface area contributed by atoms with Crippen molar-refractivity contribution in [1.29, 1.82) is 0 Å². The van der Waals surface area contributed by atoms with Crippen molar-refractivity contribution >= 4 is 34.1 Å². The SMILES string of the molecule is COc1ccc(-c2nc3c(C)cc(C)cc3c(C(=O)Nc3cc(C(F)(F)F)ccc3Cl)c2C)cc1. The number of carbonyl (C=O) groups excluding carboxylic acids is 1. The Morgan fingerprint density at radius 2 is 1.69 bits per heavy atom. The van der Waals surface area contributed by atoms with Gasteiger partial charge in [0.1, 0.15) is 5.75 Å². The van der Waals surface area contributed by atoms with Crippen molar-refractivity contribution in [3.8, 4) is 17.0 Å². The second kappa shape index (κ2) is 9.23. The molecule has 0 fully saturated rings. The van der Waals surface area contributed by atoms with E-state index in [9.17, 15) is 18.0 Å². The minimum absolute atomic E-state index is 0.00473. The number of nitrogens with one attached hydrogen (secondary N) is 1. The predicted octanol–water partition coefficient (Wildman–Crippen LogP) is 7.76. The van der Waals surface area contributed by atoms with Crippen molar-refractivity contribution in [3.05, 3.63) is 87.4 Å². The molecule has 4 nitrogen and oxygen atoms in total. The summed E-state index contributed by atoms with van der Waals surface area (Å²) in [4.78, 5) is 18.4. The van der Waals surface area contributed by atoms with Gasteiger partial charge in [-0.25, -0.2) is 4.98 Å². The normalized spacial score (nSPS) is 11.5. The molecule has 0 bridgehead atoms. The summed E-state index contributed by atoms with van der Waals surface area (Å²) in [6, 6.07) is 13.9. The summed E-state index contributed by atoms with van der Waals surface area (Å²) < 4.78 is 45.0. The molecule has 3 aromatic carbocycles. The fourth-order valence-electron chi connectivity index (χ4n) is 4.12. The van der Waals surface area contributed by atoms with Crippen LogP contribution in [0.5, 0.6) is 5.75 Å². The third-order valence-corrected chi connectivity index (χ3v) is 6.13. The Kier molecular flexibility index (Phi) is 6.47. The zero-order valence-electron chi connectivity index (χ0n) is 19.5. The van der Waals surface area contributed by atoms with Crippen LogP contribution in [0.15, 0.2) is 54.6 Å². The highest BCUT2D eigenvalue weighted by Crippen LogP contribution is 2.36. The predicted molar refractivity (Wildman–Crippen MR) is 132 cm³/mol. The Bertz CT molecular complexity index is 1450. The first-order valence-corrected chi connectivity index (χ1v) is 11.1. The number of fused-ring (bicyclic) bond motifs is 1. The number of nitrogens with zero attached hydrogens (tertiary/aromatic N) is 1.